The first-order valence-electron chi connectivity index (χ1n) is 7.97. The Bertz CT molecular complexity index is 762. The van der Waals surface area contributed by atoms with E-state index in [2.05, 4.69) is 15.3 Å². The summed E-state index contributed by atoms with van der Waals surface area (Å²) in [5.41, 5.74) is 2.46. The highest BCUT2D eigenvalue weighted by molar-refractivity contribution is 7.99. The number of carbonyl (C=O) groups excluding carboxylic acids is 1. The summed E-state index contributed by atoms with van der Waals surface area (Å²) in [6.07, 6.45) is 1.80. The van der Waals surface area contributed by atoms with E-state index in [0.29, 0.717) is 5.16 Å². The molecule has 1 heterocycles. The van der Waals surface area contributed by atoms with E-state index in [0.717, 1.165) is 21.8 Å². The molecule has 0 saturated heterocycles. The Morgan fingerprint density at radius 2 is 1.77 bits per heavy atom. The van der Waals surface area contributed by atoms with E-state index in [-0.39, 0.29) is 18.1 Å². The van der Waals surface area contributed by atoms with Crippen LogP contribution < -0.4 is 5.32 Å². The Morgan fingerprint density at radius 3 is 2.31 bits per heavy atom. The van der Waals surface area contributed by atoms with E-state index in [1.54, 1.807) is 11.8 Å². The Labute approximate surface area is 161 Å². The number of carboxylic acid groups (broad SMARTS) is 1. The van der Waals surface area contributed by atoms with Crippen molar-refractivity contribution in [2.45, 2.75) is 36.4 Å². The first-order valence-corrected chi connectivity index (χ1v) is 10.2. The quantitative estimate of drug-likeness (QED) is 0.527. The fourth-order valence-electron chi connectivity index (χ4n) is 2.39. The number of thioether (sulfide) groups is 2. The first kappa shape index (κ1) is 20.3. The highest BCUT2D eigenvalue weighted by atomic mass is 32.2. The monoisotopic (exact) mass is 391 g/mol. The van der Waals surface area contributed by atoms with Gasteiger partial charge in [-0.15, -0.1) is 11.8 Å². The molecule has 6 nitrogen and oxygen atoms in total. The van der Waals surface area contributed by atoms with Crippen LogP contribution in [-0.4, -0.2) is 39.0 Å². The molecule has 8 heteroatoms. The lowest BCUT2D eigenvalue weighted by molar-refractivity contribution is -0.137. The van der Waals surface area contributed by atoms with E-state index in [1.165, 1.54) is 11.8 Å². The van der Waals surface area contributed by atoms with E-state index in [9.17, 15) is 9.59 Å². The summed E-state index contributed by atoms with van der Waals surface area (Å²) in [7, 11) is 0. The van der Waals surface area contributed by atoms with Gasteiger partial charge in [0.05, 0.1) is 18.2 Å². The second-order valence-corrected chi connectivity index (χ2v) is 7.54. The van der Waals surface area contributed by atoms with E-state index in [1.807, 2.05) is 50.4 Å². The lowest BCUT2D eigenvalue weighted by Gasteiger charge is -2.17. The molecule has 0 fully saturated rings. The largest absolute Gasteiger partial charge is 0.481 e. The van der Waals surface area contributed by atoms with Crippen LogP contribution in [0.4, 0.5) is 0 Å². The highest BCUT2D eigenvalue weighted by Gasteiger charge is 2.18. The molecular weight excluding hydrogens is 370 g/mol. The zero-order chi connectivity index (χ0) is 19.1. The number of aromatic nitrogens is 2. The number of carbonyl (C=O) groups is 2. The lowest BCUT2D eigenvalue weighted by atomic mass is 10.0. The second-order valence-electron chi connectivity index (χ2n) is 5.71. The molecule has 2 aromatic rings. The molecule has 2 rings (SSSR count). The Morgan fingerprint density at radius 1 is 1.15 bits per heavy atom. The van der Waals surface area contributed by atoms with Crippen molar-refractivity contribution in [3.8, 4) is 0 Å². The van der Waals surface area contributed by atoms with Crippen LogP contribution in [-0.2, 0) is 9.59 Å². The Hall–Kier alpha value is -2.06. The maximum absolute atomic E-state index is 12.3. The van der Waals surface area contributed by atoms with Gasteiger partial charge < -0.3 is 10.4 Å². The van der Waals surface area contributed by atoms with Gasteiger partial charge in [-0.05, 0) is 43.9 Å². The minimum Gasteiger partial charge on any atom is -0.481 e. The van der Waals surface area contributed by atoms with Crippen LogP contribution in [0.15, 0.2) is 40.4 Å². The first-order chi connectivity index (χ1) is 12.4. The molecule has 0 saturated carbocycles. The molecule has 0 aliphatic rings. The van der Waals surface area contributed by atoms with Gasteiger partial charge in [-0.3, -0.25) is 9.59 Å². The van der Waals surface area contributed by atoms with Crippen molar-refractivity contribution >= 4 is 35.4 Å². The van der Waals surface area contributed by atoms with Gasteiger partial charge in [0.15, 0.2) is 5.16 Å². The van der Waals surface area contributed by atoms with Crippen molar-refractivity contribution in [1.29, 1.82) is 0 Å². The summed E-state index contributed by atoms with van der Waals surface area (Å²) >= 11 is 2.84. The zero-order valence-electron chi connectivity index (χ0n) is 14.9. The third-order valence-corrected chi connectivity index (χ3v) is 5.12. The average Bonchev–Trinajstić information content (AvgIpc) is 2.58. The minimum atomic E-state index is -0.963. The molecule has 1 atom stereocenters. The fraction of sp³-hybridized carbons (Fsp3) is 0.333. The van der Waals surface area contributed by atoms with Gasteiger partial charge in [-0.1, -0.05) is 23.9 Å². The van der Waals surface area contributed by atoms with Gasteiger partial charge >= 0.3 is 5.97 Å². The van der Waals surface area contributed by atoms with E-state index >= 15 is 0 Å². The van der Waals surface area contributed by atoms with E-state index in [4.69, 9.17) is 5.11 Å². The predicted molar refractivity (Wildman–Crippen MR) is 104 cm³/mol. The summed E-state index contributed by atoms with van der Waals surface area (Å²) in [6, 6.07) is 8.82. The molecule has 0 aliphatic heterocycles. The normalized spacial score (nSPS) is 11.8. The van der Waals surface area contributed by atoms with Crippen LogP contribution in [0.25, 0.3) is 0 Å². The van der Waals surface area contributed by atoms with Crippen molar-refractivity contribution in [2.24, 2.45) is 0 Å². The number of hydrogen-bond donors (Lipinski definition) is 2. The van der Waals surface area contributed by atoms with Gasteiger partial charge in [0.1, 0.15) is 0 Å². The zero-order valence-corrected chi connectivity index (χ0v) is 16.5. The van der Waals surface area contributed by atoms with Crippen molar-refractivity contribution in [3.63, 3.8) is 0 Å². The number of rotatable bonds is 8. The van der Waals surface area contributed by atoms with Gasteiger partial charge in [0, 0.05) is 16.3 Å². The molecular formula is C18H21N3O3S2. The van der Waals surface area contributed by atoms with Gasteiger partial charge in [0.2, 0.25) is 5.91 Å². The molecule has 0 spiro atoms. The van der Waals surface area contributed by atoms with Gasteiger partial charge in [0.25, 0.3) is 0 Å². The van der Waals surface area contributed by atoms with E-state index < -0.39 is 12.0 Å². The standard InChI is InChI=1S/C18H21N3O3S2/c1-11-8-12(2)20-18(19-11)26-10-16(22)21-15(9-17(23)24)13-4-6-14(25-3)7-5-13/h4-8,15H,9-10H2,1-3H3,(H,21,22)(H,23,24). The topological polar surface area (TPSA) is 92.2 Å². The molecule has 1 aromatic heterocycles. The van der Waals surface area contributed by atoms with Crippen LogP contribution in [0.3, 0.4) is 0 Å². The van der Waals surface area contributed by atoms with Crippen molar-refractivity contribution in [3.05, 3.63) is 47.3 Å². The average molecular weight is 392 g/mol. The van der Waals surface area contributed by atoms with Crippen molar-refractivity contribution in [2.75, 3.05) is 12.0 Å². The molecule has 0 bridgehead atoms. The minimum absolute atomic E-state index is 0.127. The number of hydrogen-bond acceptors (Lipinski definition) is 6. The van der Waals surface area contributed by atoms with Gasteiger partial charge in [-0.2, -0.15) is 0 Å². The third-order valence-electron chi connectivity index (χ3n) is 3.53. The SMILES string of the molecule is CSc1ccc(C(CC(=O)O)NC(=O)CSc2nc(C)cc(C)n2)cc1. The highest BCUT2D eigenvalue weighted by Crippen LogP contribution is 2.22. The van der Waals surface area contributed by atoms with Crippen LogP contribution in [0.5, 0.6) is 0 Å². The number of aryl methyl sites for hydroxylation is 2. The molecule has 0 aliphatic carbocycles. The number of nitrogens with one attached hydrogen (secondary N) is 1. The number of benzene rings is 1. The lowest BCUT2D eigenvalue weighted by Crippen LogP contribution is -2.31. The maximum atomic E-state index is 12.3. The molecule has 0 radical (unpaired) electrons. The summed E-state index contributed by atoms with van der Waals surface area (Å²) in [5, 5.41) is 12.5. The molecule has 138 valence electrons. The number of aliphatic carboxylic acids is 1. The Balaban J connectivity index is 2.02. The molecule has 1 aromatic carbocycles. The molecule has 2 N–H and O–H groups in total. The summed E-state index contributed by atoms with van der Waals surface area (Å²) in [4.78, 5) is 33.1. The number of amides is 1. The van der Waals surface area contributed by atoms with Crippen LogP contribution in [0.1, 0.15) is 29.4 Å². The summed E-state index contributed by atoms with van der Waals surface area (Å²) in [5.74, 6) is -1.09. The molecule has 1 unspecified atom stereocenters. The maximum Gasteiger partial charge on any atom is 0.305 e. The van der Waals surface area contributed by atoms with Crippen LogP contribution in [0, 0.1) is 13.8 Å². The third kappa shape index (κ3) is 6.34. The number of carboxylic acids is 1. The van der Waals surface area contributed by atoms with Crippen molar-refractivity contribution < 1.29 is 14.7 Å². The van der Waals surface area contributed by atoms with Crippen LogP contribution >= 0.6 is 23.5 Å². The predicted octanol–water partition coefficient (Wildman–Crippen LogP) is 3.24. The summed E-state index contributed by atoms with van der Waals surface area (Å²) in [6.45, 7) is 3.75. The van der Waals surface area contributed by atoms with Gasteiger partial charge in [-0.25, -0.2) is 9.97 Å². The molecule has 26 heavy (non-hydrogen) atoms. The smallest absolute Gasteiger partial charge is 0.305 e. The molecule has 1 amide bonds. The second kappa shape index (κ2) is 9.59. The Kier molecular flexibility index (Phi) is 7.47. The van der Waals surface area contributed by atoms with Crippen molar-refractivity contribution in [1.82, 2.24) is 15.3 Å². The fourth-order valence-corrected chi connectivity index (χ4v) is 3.56. The summed E-state index contributed by atoms with van der Waals surface area (Å²) < 4.78 is 0. The number of nitrogens with zero attached hydrogens (tertiary/aromatic N) is 2. The van der Waals surface area contributed by atoms with Crippen LogP contribution in [0.2, 0.25) is 0 Å².